The first kappa shape index (κ1) is 17.0. The van der Waals surface area contributed by atoms with Crippen molar-refractivity contribution in [1.29, 1.82) is 0 Å². The third-order valence-corrected chi connectivity index (χ3v) is 3.30. The Kier molecular flexibility index (Phi) is 6.99. The number of aliphatic hydroxyl groups is 1. The zero-order valence-electron chi connectivity index (χ0n) is 12.3. The highest BCUT2D eigenvalue weighted by atomic mass is 35.5. The fraction of sp³-hybridized carbons (Fsp3) is 0.533. The number of halogens is 1. The number of carbonyl (C=O) groups excluding carboxylic acids is 1. The molecule has 0 aliphatic heterocycles. The van der Waals surface area contributed by atoms with Gasteiger partial charge in [-0.3, -0.25) is 9.69 Å². The van der Waals surface area contributed by atoms with Crippen LogP contribution in [0.3, 0.4) is 0 Å². The average Bonchev–Trinajstić information content (AvgIpc) is 2.36. The highest BCUT2D eigenvalue weighted by Crippen LogP contribution is 2.12. The lowest BCUT2D eigenvalue weighted by atomic mass is 10.2. The zero-order chi connectivity index (χ0) is 15.1. The molecule has 1 rings (SSSR count). The van der Waals surface area contributed by atoms with Gasteiger partial charge >= 0.3 is 0 Å². The van der Waals surface area contributed by atoms with Crippen LogP contribution in [-0.2, 0) is 11.3 Å². The van der Waals surface area contributed by atoms with E-state index in [1.165, 1.54) is 0 Å². The second-order valence-corrected chi connectivity index (χ2v) is 5.69. The first-order chi connectivity index (χ1) is 9.38. The van der Waals surface area contributed by atoms with Gasteiger partial charge in [0.2, 0.25) is 5.91 Å². The van der Waals surface area contributed by atoms with E-state index in [4.69, 9.17) is 11.6 Å². The minimum Gasteiger partial charge on any atom is -0.393 e. The van der Waals surface area contributed by atoms with Gasteiger partial charge in [0.05, 0.1) is 12.6 Å². The number of nitrogens with zero attached hydrogens (tertiary/aromatic N) is 2. The summed E-state index contributed by atoms with van der Waals surface area (Å²) in [5.41, 5.74) is 1.01. The lowest BCUT2D eigenvalue weighted by Gasteiger charge is -2.22. The molecule has 20 heavy (non-hydrogen) atoms. The van der Waals surface area contributed by atoms with E-state index >= 15 is 0 Å². The maximum absolute atomic E-state index is 12.1. The summed E-state index contributed by atoms with van der Waals surface area (Å²) >= 11 is 5.93. The lowest BCUT2D eigenvalue weighted by molar-refractivity contribution is -0.131. The van der Waals surface area contributed by atoms with Gasteiger partial charge < -0.3 is 10.0 Å². The maximum Gasteiger partial charge on any atom is 0.236 e. The number of aliphatic hydroxyl groups excluding tert-OH is 1. The van der Waals surface area contributed by atoms with Crippen molar-refractivity contribution < 1.29 is 9.90 Å². The van der Waals surface area contributed by atoms with Crippen molar-refractivity contribution in [2.45, 2.75) is 26.0 Å². The number of hydrogen-bond acceptors (Lipinski definition) is 3. The van der Waals surface area contributed by atoms with Crippen molar-refractivity contribution >= 4 is 17.5 Å². The number of rotatable bonds is 7. The Labute approximate surface area is 125 Å². The molecule has 0 fully saturated rings. The molecule has 1 unspecified atom stereocenters. The molecule has 0 saturated heterocycles. The minimum atomic E-state index is -0.336. The number of benzene rings is 1. The van der Waals surface area contributed by atoms with Gasteiger partial charge in [0.1, 0.15) is 0 Å². The largest absolute Gasteiger partial charge is 0.393 e. The quantitative estimate of drug-likeness (QED) is 0.837. The summed E-state index contributed by atoms with van der Waals surface area (Å²) in [5.74, 6) is 0.0538. The Balaban J connectivity index is 2.42. The second kappa shape index (κ2) is 8.25. The van der Waals surface area contributed by atoms with Crippen molar-refractivity contribution in [1.82, 2.24) is 9.80 Å². The molecular weight excluding hydrogens is 276 g/mol. The van der Waals surface area contributed by atoms with Crippen molar-refractivity contribution in [3.63, 3.8) is 0 Å². The molecule has 0 heterocycles. The maximum atomic E-state index is 12.1. The van der Waals surface area contributed by atoms with Crippen molar-refractivity contribution in [3.05, 3.63) is 34.9 Å². The fourth-order valence-electron chi connectivity index (χ4n) is 1.84. The summed E-state index contributed by atoms with van der Waals surface area (Å²) in [6.45, 7) is 3.35. The number of likely N-dealkylation sites (N-methyl/N-ethyl adjacent to an activating group) is 2. The third-order valence-electron chi connectivity index (χ3n) is 3.07. The average molecular weight is 299 g/mol. The third kappa shape index (κ3) is 6.37. The zero-order valence-corrected chi connectivity index (χ0v) is 13.1. The molecule has 1 amide bonds. The molecule has 0 aliphatic carbocycles. The van der Waals surface area contributed by atoms with Gasteiger partial charge in [-0.2, -0.15) is 0 Å². The van der Waals surface area contributed by atoms with Crippen LogP contribution in [0.25, 0.3) is 0 Å². The number of carbonyl (C=O) groups is 1. The Morgan fingerprint density at radius 1 is 1.40 bits per heavy atom. The van der Waals surface area contributed by atoms with Crippen LogP contribution in [0.5, 0.6) is 0 Å². The molecular formula is C15H23ClN2O2. The standard InChI is InChI=1S/C15H23ClN2O2/c1-12(19)7-8-17(2)11-15(20)18(3)10-13-5-4-6-14(16)9-13/h4-6,9,12,19H,7-8,10-11H2,1-3H3. The molecule has 1 atom stereocenters. The van der Waals surface area contributed by atoms with Gasteiger partial charge in [-0.25, -0.2) is 0 Å². The Bertz CT molecular complexity index is 438. The monoisotopic (exact) mass is 298 g/mol. The SMILES string of the molecule is CC(O)CCN(C)CC(=O)N(C)Cc1cccc(Cl)c1. The fourth-order valence-corrected chi connectivity index (χ4v) is 2.05. The summed E-state index contributed by atoms with van der Waals surface area (Å²) in [7, 11) is 3.67. The Morgan fingerprint density at radius 2 is 2.10 bits per heavy atom. The van der Waals surface area contributed by atoms with Crippen LogP contribution in [0.15, 0.2) is 24.3 Å². The van der Waals surface area contributed by atoms with Crippen LogP contribution in [-0.4, -0.2) is 54.1 Å². The van der Waals surface area contributed by atoms with Crippen LogP contribution in [0.4, 0.5) is 0 Å². The van der Waals surface area contributed by atoms with Crippen LogP contribution in [0.1, 0.15) is 18.9 Å². The van der Waals surface area contributed by atoms with Gasteiger partial charge in [0.15, 0.2) is 0 Å². The smallest absolute Gasteiger partial charge is 0.236 e. The number of hydrogen-bond donors (Lipinski definition) is 1. The van der Waals surface area contributed by atoms with Crippen molar-refractivity contribution in [2.75, 3.05) is 27.2 Å². The summed E-state index contributed by atoms with van der Waals surface area (Å²) in [4.78, 5) is 15.7. The molecule has 112 valence electrons. The summed E-state index contributed by atoms with van der Waals surface area (Å²) in [6, 6.07) is 7.51. The van der Waals surface area contributed by atoms with E-state index in [2.05, 4.69) is 0 Å². The van der Waals surface area contributed by atoms with Crippen LogP contribution >= 0.6 is 11.6 Å². The second-order valence-electron chi connectivity index (χ2n) is 5.26. The molecule has 0 spiro atoms. The summed E-state index contributed by atoms with van der Waals surface area (Å²) in [5, 5.41) is 9.91. The first-order valence-corrected chi connectivity index (χ1v) is 7.11. The van der Waals surface area contributed by atoms with Gasteiger partial charge in [-0.15, -0.1) is 0 Å². The van der Waals surface area contributed by atoms with Crippen LogP contribution < -0.4 is 0 Å². The molecule has 1 aromatic rings. The molecule has 1 aromatic carbocycles. The van der Waals surface area contributed by atoms with E-state index in [0.717, 1.165) is 5.56 Å². The Hall–Kier alpha value is -1.10. The van der Waals surface area contributed by atoms with Crippen LogP contribution in [0, 0.1) is 0 Å². The van der Waals surface area contributed by atoms with E-state index in [1.54, 1.807) is 18.9 Å². The predicted octanol–water partition coefficient (Wildman–Crippen LogP) is 2.00. The van der Waals surface area contributed by atoms with Gasteiger partial charge in [-0.05, 0) is 38.1 Å². The molecule has 0 aliphatic rings. The van der Waals surface area contributed by atoms with E-state index < -0.39 is 0 Å². The molecule has 5 heteroatoms. The first-order valence-electron chi connectivity index (χ1n) is 6.73. The topological polar surface area (TPSA) is 43.8 Å². The van der Waals surface area contributed by atoms with Crippen molar-refractivity contribution in [3.8, 4) is 0 Å². The molecule has 0 saturated carbocycles. The Morgan fingerprint density at radius 3 is 2.70 bits per heavy atom. The van der Waals surface area contributed by atoms with E-state index in [9.17, 15) is 9.90 Å². The lowest BCUT2D eigenvalue weighted by Crippen LogP contribution is -2.37. The molecule has 0 radical (unpaired) electrons. The normalized spacial score (nSPS) is 12.5. The molecule has 1 N–H and O–H groups in total. The molecule has 0 bridgehead atoms. The van der Waals surface area contributed by atoms with E-state index in [-0.39, 0.29) is 12.0 Å². The van der Waals surface area contributed by atoms with Crippen LogP contribution in [0.2, 0.25) is 5.02 Å². The van der Waals surface area contributed by atoms with E-state index in [0.29, 0.717) is 31.1 Å². The summed E-state index contributed by atoms with van der Waals surface area (Å²) < 4.78 is 0. The molecule has 0 aromatic heterocycles. The predicted molar refractivity (Wildman–Crippen MR) is 81.7 cm³/mol. The van der Waals surface area contributed by atoms with Crippen molar-refractivity contribution in [2.24, 2.45) is 0 Å². The van der Waals surface area contributed by atoms with Gasteiger partial charge in [-0.1, -0.05) is 23.7 Å². The number of amides is 1. The van der Waals surface area contributed by atoms with E-state index in [1.807, 2.05) is 36.2 Å². The molecule has 4 nitrogen and oxygen atoms in total. The van der Waals surface area contributed by atoms with Gasteiger partial charge in [0, 0.05) is 25.2 Å². The highest BCUT2D eigenvalue weighted by molar-refractivity contribution is 6.30. The highest BCUT2D eigenvalue weighted by Gasteiger charge is 2.12. The minimum absolute atomic E-state index is 0.0538. The van der Waals surface area contributed by atoms with Gasteiger partial charge in [0.25, 0.3) is 0 Å². The summed E-state index contributed by atoms with van der Waals surface area (Å²) in [6.07, 6.45) is 0.332.